The molecule has 1 saturated carbocycles. The first-order chi connectivity index (χ1) is 39.7. The summed E-state index contributed by atoms with van der Waals surface area (Å²) >= 11 is 0. The molecule has 3 fully saturated rings. The van der Waals surface area contributed by atoms with E-state index in [1.54, 1.807) is 71.2 Å². The number of Topliss-reactive ketones (excluding diaryl/α,β-unsaturated/α-hetero) is 3. The highest BCUT2D eigenvalue weighted by Gasteiger charge is 2.53. The van der Waals surface area contributed by atoms with E-state index in [0.29, 0.717) is 62.5 Å². The molecule has 0 spiro atoms. The molecule has 3 heterocycles. The second-order valence-corrected chi connectivity index (χ2v) is 25.0. The molecule has 1 aromatic rings. The van der Waals surface area contributed by atoms with Gasteiger partial charge in [-0.1, -0.05) is 101 Å². The van der Waals surface area contributed by atoms with Crippen molar-refractivity contribution in [1.82, 2.24) is 10.2 Å². The first-order valence-electron chi connectivity index (χ1n) is 29.3. The number of amides is 2. The SMILES string of the molecule is COC1CC2CC[C@@H](C)[C@@](O)(O2)C(=O)C(=O)N2CCCC[C@H]2C(=O)OC(C(C)CC2CC[C@@H](OC(=O)NC(CS(=O)(=O)O)C(=O)OCc3ccccc3)C(OC)C2)CC(=O)C(C)/C=C(\C)[C@@H](O)C(OC)C(=O)[C@H](C)CC(C)\C=C/C=C/C=C/1C. The fourth-order valence-corrected chi connectivity index (χ4v) is 12.4. The number of alkyl carbamates (subject to hydrolysis) is 1. The van der Waals surface area contributed by atoms with Crippen LogP contribution in [-0.2, 0) is 78.7 Å². The molecule has 1 aliphatic carbocycles. The molecule has 0 radical (unpaired) electrons. The van der Waals surface area contributed by atoms with E-state index < -0.39 is 130 Å². The van der Waals surface area contributed by atoms with Crippen LogP contribution in [0, 0.1) is 35.5 Å². The monoisotopic (exact) mass is 1200 g/mol. The number of carbonyl (C=O) groups excluding carboxylic acids is 7. The van der Waals surface area contributed by atoms with Crippen molar-refractivity contribution in [2.45, 2.75) is 193 Å². The smallest absolute Gasteiger partial charge is 0.408 e. The highest BCUT2D eigenvalue weighted by atomic mass is 32.2. The predicted octanol–water partition coefficient (Wildman–Crippen LogP) is 6.91. The van der Waals surface area contributed by atoms with Gasteiger partial charge in [-0.05, 0) is 113 Å². The Labute approximate surface area is 495 Å². The first-order valence-corrected chi connectivity index (χ1v) is 30.9. The minimum atomic E-state index is -4.78. The molecule has 1 aromatic carbocycles. The van der Waals surface area contributed by atoms with Crippen molar-refractivity contribution < 1.29 is 89.9 Å². The van der Waals surface area contributed by atoms with Crippen LogP contribution in [0.5, 0.6) is 0 Å². The molecule has 468 valence electrons. The minimum Gasteiger partial charge on any atom is -0.460 e. The lowest BCUT2D eigenvalue weighted by Gasteiger charge is -2.42. The molecule has 84 heavy (non-hydrogen) atoms. The van der Waals surface area contributed by atoms with Crippen LogP contribution in [0.2, 0.25) is 0 Å². The number of hydrogen-bond donors (Lipinski definition) is 4. The maximum Gasteiger partial charge on any atom is 0.408 e. The normalized spacial score (nSPS) is 34.3. The summed E-state index contributed by atoms with van der Waals surface area (Å²) in [4.78, 5) is 99.2. The molecule has 2 bridgehead atoms. The van der Waals surface area contributed by atoms with Crippen LogP contribution >= 0.6 is 0 Å². The number of ketones is 3. The Bertz CT molecular complexity index is 2660. The van der Waals surface area contributed by atoms with E-state index in [1.165, 1.54) is 14.2 Å². The Morgan fingerprint density at radius 3 is 2.24 bits per heavy atom. The molecule has 16 atom stereocenters. The maximum absolute atomic E-state index is 14.7. The van der Waals surface area contributed by atoms with Gasteiger partial charge < -0.3 is 53.6 Å². The number of hydrogen-bond acceptors (Lipinski definition) is 18. The fourth-order valence-electron chi connectivity index (χ4n) is 11.8. The van der Waals surface area contributed by atoms with Crippen molar-refractivity contribution in [1.29, 1.82) is 0 Å². The number of nitrogens with zero attached hydrogens (tertiary/aromatic N) is 1. The van der Waals surface area contributed by atoms with E-state index in [9.17, 15) is 56.7 Å². The van der Waals surface area contributed by atoms with E-state index in [4.69, 9.17) is 33.2 Å². The van der Waals surface area contributed by atoms with Crippen molar-refractivity contribution in [3.05, 3.63) is 83.5 Å². The third kappa shape index (κ3) is 19.8. The number of cyclic esters (lactones) is 1. The number of ether oxygens (including phenoxy) is 7. The zero-order valence-electron chi connectivity index (χ0n) is 50.3. The number of esters is 2. The molecule has 0 aromatic heterocycles. The summed E-state index contributed by atoms with van der Waals surface area (Å²) in [5, 5.41) is 25.8. The molecule has 21 nitrogen and oxygen atoms in total. The average Bonchev–Trinajstić information content (AvgIpc) is 2.65. The average molecular weight is 1200 g/mol. The lowest BCUT2D eigenvalue weighted by atomic mass is 9.78. The summed E-state index contributed by atoms with van der Waals surface area (Å²) < 4.78 is 74.1. The van der Waals surface area contributed by atoms with Crippen molar-refractivity contribution >= 4 is 51.4 Å². The van der Waals surface area contributed by atoms with Gasteiger partial charge in [0.05, 0.1) is 18.3 Å². The number of fused-ring (bicyclic) bond motifs is 3. The van der Waals surface area contributed by atoms with Gasteiger partial charge in [-0.15, -0.1) is 0 Å². The van der Waals surface area contributed by atoms with Gasteiger partial charge >= 0.3 is 18.0 Å². The molecular formula is C62H90N2O19S. The van der Waals surface area contributed by atoms with Crippen molar-refractivity contribution in [3.8, 4) is 0 Å². The molecular weight excluding hydrogens is 1110 g/mol. The number of benzene rings is 1. The molecule has 4 N–H and O–H groups in total. The number of nitrogens with one attached hydrogen (secondary N) is 1. The van der Waals surface area contributed by atoms with Crippen molar-refractivity contribution in [2.75, 3.05) is 33.6 Å². The number of allylic oxidation sites excluding steroid dienone is 6. The van der Waals surface area contributed by atoms with Crippen LogP contribution in [0.3, 0.4) is 0 Å². The summed E-state index contributed by atoms with van der Waals surface area (Å²) in [6, 6.07) is 5.46. The summed E-state index contributed by atoms with van der Waals surface area (Å²) in [6.45, 7) is 12.1. The lowest BCUT2D eigenvalue weighted by Crippen LogP contribution is -2.61. The van der Waals surface area contributed by atoms with Gasteiger partial charge in [0.2, 0.25) is 5.79 Å². The summed E-state index contributed by atoms with van der Waals surface area (Å²) in [5.74, 6) is -11.5. The molecule has 4 aliphatic rings. The molecule has 5 rings (SSSR count). The zero-order chi connectivity index (χ0) is 62.1. The highest BCUT2D eigenvalue weighted by molar-refractivity contribution is 7.85. The van der Waals surface area contributed by atoms with Crippen LogP contribution in [0.25, 0.3) is 0 Å². The molecule has 3 aliphatic heterocycles. The first kappa shape index (κ1) is 69.3. The van der Waals surface area contributed by atoms with Gasteiger partial charge in [0.15, 0.2) is 5.78 Å². The number of methoxy groups -OCH3 is 3. The number of aliphatic hydroxyl groups is 2. The molecule has 10 unspecified atom stereocenters. The molecule has 2 amide bonds. The van der Waals surface area contributed by atoms with E-state index in [2.05, 4.69) is 5.32 Å². The van der Waals surface area contributed by atoms with Gasteiger partial charge in [0.1, 0.15) is 54.6 Å². The quantitative estimate of drug-likeness (QED) is 0.0512. The Morgan fingerprint density at radius 2 is 1.57 bits per heavy atom. The topological polar surface area (TPSA) is 294 Å². The summed E-state index contributed by atoms with van der Waals surface area (Å²) in [7, 11) is -0.468. The van der Waals surface area contributed by atoms with Gasteiger partial charge in [0.25, 0.3) is 21.8 Å². The Morgan fingerprint density at radius 1 is 0.857 bits per heavy atom. The second-order valence-electron chi connectivity index (χ2n) is 23.5. The van der Waals surface area contributed by atoms with Crippen LogP contribution in [-0.4, -0.2) is 164 Å². The predicted molar refractivity (Wildman–Crippen MR) is 309 cm³/mol. The summed E-state index contributed by atoms with van der Waals surface area (Å²) in [6.07, 6.45) is 7.01. The van der Waals surface area contributed by atoms with E-state index in [1.807, 2.05) is 51.2 Å². The molecule has 22 heteroatoms. The zero-order valence-corrected chi connectivity index (χ0v) is 51.2. The maximum atomic E-state index is 14.7. The number of piperidine rings is 1. The Kier molecular flexibility index (Phi) is 26.7. The van der Waals surface area contributed by atoms with Gasteiger partial charge in [-0.3, -0.25) is 23.7 Å². The van der Waals surface area contributed by atoms with Crippen LogP contribution in [0.4, 0.5) is 4.79 Å². The number of rotatable bonds is 13. The van der Waals surface area contributed by atoms with E-state index >= 15 is 0 Å². The number of aliphatic hydroxyl groups excluding tert-OH is 1. The molecule has 2 saturated heterocycles. The lowest BCUT2D eigenvalue weighted by molar-refractivity contribution is -0.265. The fraction of sp³-hybridized carbons (Fsp3) is 0.661. The Hall–Kier alpha value is -5.46. The minimum absolute atomic E-state index is 0.00317. The number of carbonyl (C=O) groups is 7. The Balaban J connectivity index is 1.40. The third-order valence-corrected chi connectivity index (χ3v) is 17.6. The summed E-state index contributed by atoms with van der Waals surface area (Å²) in [5.41, 5.74) is 1.75. The van der Waals surface area contributed by atoms with Crippen molar-refractivity contribution in [2.24, 2.45) is 35.5 Å². The van der Waals surface area contributed by atoms with Crippen molar-refractivity contribution in [3.63, 3.8) is 0 Å². The van der Waals surface area contributed by atoms with Gasteiger partial charge in [-0.2, -0.15) is 8.42 Å². The van der Waals surface area contributed by atoms with Gasteiger partial charge in [0, 0.05) is 58.5 Å². The van der Waals surface area contributed by atoms with Gasteiger partial charge in [-0.25, -0.2) is 14.4 Å². The highest BCUT2D eigenvalue weighted by Crippen LogP contribution is 2.38. The standard InChI is InChI=1S/C62H90N2O19S/c1-37-19-13-11-14-20-38(2)51(77-8)33-46-26-24-43(7)62(73,83-46)57(68)58(69)64-28-18-17-23-48(64)60(71)81-52(34-49(65)39(3)30-42(6)55(67)56(79-10)54(66)41(5)29-37)40(4)31-45-25-27-50(53(32-45)78-9)82-61(72)63-47(36-84(74,75)76)59(70)80-35-44-21-15-12-16-22-44/h11-16,19-22,30,37,39-41,43,45-48,50-53,55-56,67,73H,17-18,23-29,31-36H2,1-10H3,(H,63,72)(H,74,75,76)/b14-11+,19-13-,38-20+,42-30+/t37?,39?,40?,41-,43-,45?,46?,47?,48+,50-,51?,52?,53?,55-,56?,62-/m1/s1. The van der Waals surface area contributed by atoms with Crippen LogP contribution in [0.1, 0.15) is 131 Å². The second kappa shape index (κ2) is 32.3. The largest absolute Gasteiger partial charge is 0.460 e. The third-order valence-electron chi connectivity index (χ3n) is 16.9. The van der Waals surface area contributed by atoms with E-state index in [0.717, 1.165) is 10.5 Å². The van der Waals surface area contributed by atoms with Crippen LogP contribution < -0.4 is 5.32 Å². The van der Waals surface area contributed by atoms with E-state index in [-0.39, 0.29) is 62.2 Å². The van der Waals surface area contributed by atoms with Crippen LogP contribution in [0.15, 0.2) is 77.9 Å².